The smallest absolute Gasteiger partial charge is 0.191 e. The molecule has 1 aliphatic rings. The second-order valence-corrected chi connectivity index (χ2v) is 3.13. The minimum Gasteiger partial charge on any atom is -0.395 e. The molecule has 5 heteroatoms. The Labute approximate surface area is 78.8 Å². The molecular formula is C8H18N4O. The molecule has 0 aromatic rings. The van der Waals surface area contributed by atoms with Gasteiger partial charge in [-0.3, -0.25) is 9.89 Å². The van der Waals surface area contributed by atoms with Crippen LogP contribution in [-0.4, -0.2) is 67.2 Å². The van der Waals surface area contributed by atoms with E-state index in [1.807, 2.05) is 0 Å². The van der Waals surface area contributed by atoms with E-state index in [-0.39, 0.29) is 6.61 Å². The van der Waals surface area contributed by atoms with Crippen molar-refractivity contribution in [1.29, 1.82) is 0 Å². The summed E-state index contributed by atoms with van der Waals surface area (Å²) in [6.45, 7) is 4.72. The second kappa shape index (κ2) is 5.04. The van der Waals surface area contributed by atoms with E-state index in [1.54, 1.807) is 7.05 Å². The van der Waals surface area contributed by atoms with Crippen molar-refractivity contribution >= 4 is 5.96 Å². The Morgan fingerprint density at radius 2 is 2.00 bits per heavy atom. The van der Waals surface area contributed by atoms with Gasteiger partial charge in [0.25, 0.3) is 0 Å². The van der Waals surface area contributed by atoms with Gasteiger partial charge in [-0.25, -0.2) is 0 Å². The van der Waals surface area contributed by atoms with Crippen LogP contribution in [0.25, 0.3) is 0 Å². The van der Waals surface area contributed by atoms with Crippen LogP contribution in [0.1, 0.15) is 0 Å². The largest absolute Gasteiger partial charge is 0.395 e. The lowest BCUT2D eigenvalue weighted by atomic mass is 10.3. The van der Waals surface area contributed by atoms with Crippen LogP contribution in [0, 0.1) is 0 Å². The monoisotopic (exact) mass is 186 g/mol. The number of aliphatic hydroxyl groups is 1. The van der Waals surface area contributed by atoms with E-state index in [0.29, 0.717) is 5.96 Å². The minimum atomic E-state index is 0.233. The first-order valence-corrected chi connectivity index (χ1v) is 4.58. The van der Waals surface area contributed by atoms with Crippen molar-refractivity contribution in [3.63, 3.8) is 0 Å². The van der Waals surface area contributed by atoms with Crippen molar-refractivity contribution in [2.24, 2.45) is 10.7 Å². The zero-order valence-corrected chi connectivity index (χ0v) is 8.11. The van der Waals surface area contributed by atoms with Gasteiger partial charge in [0, 0.05) is 39.8 Å². The molecule has 5 nitrogen and oxygen atoms in total. The van der Waals surface area contributed by atoms with Crippen LogP contribution >= 0.6 is 0 Å². The molecule has 0 unspecified atom stereocenters. The van der Waals surface area contributed by atoms with Crippen molar-refractivity contribution in [3.8, 4) is 0 Å². The van der Waals surface area contributed by atoms with Crippen LogP contribution in [0.15, 0.2) is 4.99 Å². The fraction of sp³-hybridized carbons (Fsp3) is 0.875. The lowest BCUT2D eigenvalue weighted by Crippen LogP contribution is -2.51. The molecule has 0 amide bonds. The van der Waals surface area contributed by atoms with Gasteiger partial charge in [0.05, 0.1) is 6.61 Å². The lowest BCUT2D eigenvalue weighted by Gasteiger charge is -2.34. The predicted octanol–water partition coefficient (Wildman–Crippen LogP) is -1.46. The van der Waals surface area contributed by atoms with E-state index in [2.05, 4.69) is 14.8 Å². The van der Waals surface area contributed by atoms with E-state index < -0.39 is 0 Å². The van der Waals surface area contributed by atoms with Gasteiger partial charge in [0.1, 0.15) is 0 Å². The Kier molecular flexibility index (Phi) is 3.98. The Balaban J connectivity index is 2.30. The molecule has 0 aliphatic carbocycles. The molecule has 0 aromatic heterocycles. The molecule has 76 valence electrons. The average Bonchev–Trinajstić information content (AvgIpc) is 2.18. The average molecular weight is 186 g/mol. The Morgan fingerprint density at radius 3 is 2.46 bits per heavy atom. The van der Waals surface area contributed by atoms with Crippen LogP contribution in [0.3, 0.4) is 0 Å². The summed E-state index contributed by atoms with van der Waals surface area (Å²) in [5.74, 6) is 0.614. The first-order valence-electron chi connectivity index (χ1n) is 4.58. The summed E-state index contributed by atoms with van der Waals surface area (Å²) in [5, 5.41) is 8.74. The number of rotatable bonds is 2. The van der Waals surface area contributed by atoms with Gasteiger partial charge in [0.2, 0.25) is 0 Å². The number of guanidine groups is 1. The number of nitrogens with zero attached hydrogens (tertiary/aromatic N) is 3. The molecule has 0 spiro atoms. The minimum absolute atomic E-state index is 0.233. The molecule has 0 atom stereocenters. The molecule has 0 saturated carbocycles. The maximum atomic E-state index is 8.74. The van der Waals surface area contributed by atoms with E-state index in [4.69, 9.17) is 10.8 Å². The third-order valence-electron chi connectivity index (χ3n) is 2.34. The summed E-state index contributed by atoms with van der Waals surface area (Å²) in [5.41, 5.74) is 5.68. The van der Waals surface area contributed by atoms with Crippen LogP contribution in [0.4, 0.5) is 0 Å². The molecular weight excluding hydrogens is 168 g/mol. The summed E-state index contributed by atoms with van der Waals surface area (Å²) in [6.07, 6.45) is 0. The van der Waals surface area contributed by atoms with Crippen molar-refractivity contribution in [3.05, 3.63) is 0 Å². The molecule has 1 heterocycles. The summed E-state index contributed by atoms with van der Waals surface area (Å²) in [7, 11) is 1.70. The van der Waals surface area contributed by atoms with Gasteiger partial charge in [-0.2, -0.15) is 0 Å². The highest BCUT2D eigenvalue weighted by Gasteiger charge is 2.16. The highest BCUT2D eigenvalue weighted by atomic mass is 16.3. The topological polar surface area (TPSA) is 65.1 Å². The number of hydrogen-bond donors (Lipinski definition) is 2. The van der Waals surface area contributed by atoms with E-state index >= 15 is 0 Å². The summed E-state index contributed by atoms with van der Waals surface area (Å²) in [4.78, 5) is 8.22. The van der Waals surface area contributed by atoms with Crippen molar-refractivity contribution < 1.29 is 5.11 Å². The molecule has 0 aromatic carbocycles. The third-order valence-corrected chi connectivity index (χ3v) is 2.34. The number of aliphatic hydroxyl groups excluding tert-OH is 1. The molecule has 1 aliphatic heterocycles. The third kappa shape index (κ3) is 2.86. The van der Waals surface area contributed by atoms with Crippen molar-refractivity contribution in [2.45, 2.75) is 0 Å². The number of β-amino-alcohol motifs (C(OH)–C–C–N with tert-alkyl or cyclic N) is 1. The maximum absolute atomic E-state index is 8.74. The molecule has 1 fully saturated rings. The lowest BCUT2D eigenvalue weighted by molar-refractivity contribution is 0.146. The van der Waals surface area contributed by atoms with E-state index in [1.165, 1.54) is 0 Å². The number of piperazine rings is 1. The van der Waals surface area contributed by atoms with Gasteiger partial charge >= 0.3 is 0 Å². The zero-order valence-electron chi connectivity index (χ0n) is 8.11. The molecule has 1 rings (SSSR count). The maximum Gasteiger partial charge on any atom is 0.191 e. The van der Waals surface area contributed by atoms with Crippen LogP contribution in [0.2, 0.25) is 0 Å². The Morgan fingerprint density at radius 1 is 1.38 bits per heavy atom. The highest BCUT2D eigenvalue weighted by Crippen LogP contribution is 2.00. The summed E-state index contributed by atoms with van der Waals surface area (Å²) in [6, 6.07) is 0. The standard InChI is InChI=1S/C8H18N4O/c1-10-8(9)12-4-2-11(3-5-12)6-7-13/h13H,2-7H2,1H3,(H2,9,10). The van der Waals surface area contributed by atoms with Gasteiger partial charge in [0.15, 0.2) is 5.96 Å². The number of nitrogens with two attached hydrogens (primary N) is 1. The SMILES string of the molecule is CN=C(N)N1CCN(CCO)CC1. The normalized spacial score (nSPS) is 20.8. The van der Waals surface area contributed by atoms with Gasteiger partial charge < -0.3 is 15.7 Å². The fourth-order valence-electron chi connectivity index (χ4n) is 1.48. The van der Waals surface area contributed by atoms with Crippen molar-refractivity contribution in [1.82, 2.24) is 9.80 Å². The Hall–Kier alpha value is -0.810. The first-order chi connectivity index (χ1) is 6.27. The van der Waals surface area contributed by atoms with Crippen molar-refractivity contribution in [2.75, 3.05) is 46.4 Å². The molecule has 0 radical (unpaired) electrons. The number of hydrogen-bond acceptors (Lipinski definition) is 3. The molecule has 13 heavy (non-hydrogen) atoms. The van der Waals surface area contributed by atoms with Gasteiger partial charge in [-0.1, -0.05) is 0 Å². The number of aliphatic imine (C=N–C) groups is 1. The predicted molar refractivity (Wildman–Crippen MR) is 52.6 cm³/mol. The van der Waals surface area contributed by atoms with Gasteiger partial charge in [-0.05, 0) is 0 Å². The summed E-state index contributed by atoms with van der Waals surface area (Å²) < 4.78 is 0. The second-order valence-electron chi connectivity index (χ2n) is 3.13. The highest BCUT2D eigenvalue weighted by molar-refractivity contribution is 5.77. The van der Waals surface area contributed by atoms with E-state index in [9.17, 15) is 0 Å². The molecule has 3 N–H and O–H groups in total. The summed E-state index contributed by atoms with van der Waals surface area (Å²) >= 11 is 0. The molecule has 1 saturated heterocycles. The van der Waals surface area contributed by atoms with Crippen LogP contribution in [0.5, 0.6) is 0 Å². The quantitative estimate of drug-likeness (QED) is 0.409. The van der Waals surface area contributed by atoms with Crippen LogP contribution in [-0.2, 0) is 0 Å². The Bertz CT molecular complexity index is 175. The zero-order chi connectivity index (χ0) is 9.68. The van der Waals surface area contributed by atoms with E-state index in [0.717, 1.165) is 32.7 Å². The van der Waals surface area contributed by atoms with Crippen LogP contribution < -0.4 is 5.73 Å². The van der Waals surface area contributed by atoms with Gasteiger partial charge in [-0.15, -0.1) is 0 Å². The molecule has 0 bridgehead atoms. The first kappa shape index (κ1) is 10.3. The fourth-order valence-corrected chi connectivity index (χ4v) is 1.48.